The zero-order valence-corrected chi connectivity index (χ0v) is 20.9. The predicted molar refractivity (Wildman–Crippen MR) is 136 cm³/mol. The van der Waals surface area contributed by atoms with Gasteiger partial charge in [-0.15, -0.1) is 11.8 Å². The Morgan fingerprint density at radius 1 is 1.28 bits per heavy atom. The number of hydrogen-bond donors (Lipinski definition) is 2. The first-order valence-electron chi connectivity index (χ1n) is 11.8. The number of oxazole rings is 1. The van der Waals surface area contributed by atoms with Gasteiger partial charge in [-0.05, 0) is 67.0 Å². The van der Waals surface area contributed by atoms with Crippen LogP contribution in [0.1, 0.15) is 51.9 Å². The number of nitrogens with zero attached hydrogens (tertiary/aromatic N) is 2. The van der Waals surface area contributed by atoms with Gasteiger partial charge in [-0.2, -0.15) is 5.26 Å². The average molecular weight is 521 g/mol. The second-order valence-corrected chi connectivity index (χ2v) is 13.1. The fourth-order valence-electron chi connectivity index (χ4n) is 5.34. The van der Waals surface area contributed by atoms with Crippen LogP contribution in [0.2, 0.25) is 0 Å². The minimum Gasteiger partial charge on any atom is -0.448 e. The molecule has 1 saturated carbocycles. The van der Waals surface area contributed by atoms with Gasteiger partial charge in [0.15, 0.2) is 9.84 Å². The van der Waals surface area contributed by atoms with Crippen molar-refractivity contribution in [3.63, 3.8) is 0 Å². The van der Waals surface area contributed by atoms with E-state index in [1.54, 1.807) is 30.7 Å². The molecule has 36 heavy (non-hydrogen) atoms. The standard InChI is InChI=1S/C26H24N4O4S2/c27-14-16-2-1-3-18(10-16)36(32,33)23-12-21(23)30-24(31)17-4-5-20-19(11-17)26(15-29-20)6-9-35-22(13-26)25-28-7-8-34-25/h1-5,7-8,10-11,21-23,29H,6,9,12-13,15H2,(H,30,31). The van der Waals surface area contributed by atoms with E-state index < -0.39 is 21.1 Å². The number of amides is 1. The highest BCUT2D eigenvalue weighted by Gasteiger charge is 2.49. The molecule has 3 aliphatic rings. The number of rotatable bonds is 5. The molecule has 1 amide bonds. The highest BCUT2D eigenvalue weighted by atomic mass is 32.2. The summed E-state index contributed by atoms with van der Waals surface area (Å²) in [5, 5.41) is 15.0. The average Bonchev–Trinajstić information content (AvgIpc) is 3.32. The van der Waals surface area contributed by atoms with E-state index in [9.17, 15) is 13.2 Å². The number of sulfone groups is 1. The van der Waals surface area contributed by atoms with Crippen molar-refractivity contribution in [2.45, 2.75) is 46.1 Å². The van der Waals surface area contributed by atoms with Crippen LogP contribution in [0.25, 0.3) is 0 Å². The molecule has 1 aromatic heterocycles. The largest absolute Gasteiger partial charge is 0.448 e. The molecule has 4 unspecified atom stereocenters. The van der Waals surface area contributed by atoms with Crippen LogP contribution in [-0.4, -0.2) is 42.9 Å². The van der Waals surface area contributed by atoms with Crippen LogP contribution in [-0.2, 0) is 15.3 Å². The number of nitriles is 1. The van der Waals surface area contributed by atoms with E-state index in [2.05, 4.69) is 15.6 Å². The molecule has 2 aromatic carbocycles. The molecule has 1 saturated heterocycles. The van der Waals surface area contributed by atoms with Crippen molar-refractivity contribution in [2.75, 3.05) is 17.6 Å². The van der Waals surface area contributed by atoms with Crippen LogP contribution >= 0.6 is 11.8 Å². The lowest BCUT2D eigenvalue weighted by Gasteiger charge is -2.36. The van der Waals surface area contributed by atoms with Gasteiger partial charge in [0.1, 0.15) is 6.26 Å². The Morgan fingerprint density at radius 2 is 2.17 bits per heavy atom. The normalized spacial score (nSPS) is 26.6. The molecule has 0 bridgehead atoms. The van der Waals surface area contributed by atoms with Gasteiger partial charge in [0.25, 0.3) is 5.91 Å². The molecular weight excluding hydrogens is 496 g/mol. The fourth-order valence-corrected chi connectivity index (χ4v) is 8.70. The number of aromatic nitrogens is 1. The Morgan fingerprint density at radius 3 is 2.97 bits per heavy atom. The van der Waals surface area contributed by atoms with Crippen molar-refractivity contribution in [2.24, 2.45) is 0 Å². The van der Waals surface area contributed by atoms with E-state index >= 15 is 0 Å². The first kappa shape index (κ1) is 23.1. The second-order valence-electron chi connectivity index (χ2n) is 9.62. The third-order valence-electron chi connectivity index (χ3n) is 7.41. The lowest BCUT2D eigenvalue weighted by Crippen LogP contribution is -2.34. The van der Waals surface area contributed by atoms with Gasteiger partial charge >= 0.3 is 0 Å². The number of anilines is 1. The van der Waals surface area contributed by atoms with Crippen LogP contribution in [0.3, 0.4) is 0 Å². The van der Waals surface area contributed by atoms with Crippen molar-refractivity contribution >= 4 is 33.2 Å². The zero-order valence-electron chi connectivity index (χ0n) is 19.3. The van der Waals surface area contributed by atoms with Crippen molar-refractivity contribution in [3.8, 4) is 6.07 Å². The van der Waals surface area contributed by atoms with Gasteiger partial charge in [-0.1, -0.05) is 6.07 Å². The Hall–Kier alpha value is -3.29. The smallest absolute Gasteiger partial charge is 0.251 e. The van der Waals surface area contributed by atoms with E-state index in [4.69, 9.17) is 9.68 Å². The molecule has 184 valence electrons. The van der Waals surface area contributed by atoms with Crippen LogP contribution in [0, 0.1) is 11.3 Å². The molecule has 3 heterocycles. The number of fused-ring (bicyclic) bond motifs is 2. The molecule has 2 N–H and O–H groups in total. The Labute approximate surface area is 213 Å². The molecule has 8 nitrogen and oxygen atoms in total. The third-order valence-corrected chi connectivity index (χ3v) is 10.9. The highest BCUT2D eigenvalue weighted by molar-refractivity contribution is 7.99. The van der Waals surface area contributed by atoms with Gasteiger partial charge in [-0.25, -0.2) is 13.4 Å². The van der Waals surface area contributed by atoms with Crippen molar-refractivity contribution in [1.29, 1.82) is 5.26 Å². The van der Waals surface area contributed by atoms with Crippen LogP contribution < -0.4 is 10.6 Å². The Balaban J connectivity index is 1.18. The van der Waals surface area contributed by atoms with Crippen LogP contribution in [0.5, 0.6) is 0 Å². The summed E-state index contributed by atoms with van der Waals surface area (Å²) in [7, 11) is -3.63. The van der Waals surface area contributed by atoms with E-state index in [0.717, 1.165) is 42.3 Å². The SMILES string of the molecule is N#Cc1cccc(S(=O)(=O)C2CC2NC(=O)c2ccc3c(c2)C2(CCSC(c4ncco4)C2)CN3)c1. The number of thioether (sulfide) groups is 1. The monoisotopic (exact) mass is 520 g/mol. The number of hydrogen-bond acceptors (Lipinski definition) is 8. The summed E-state index contributed by atoms with van der Waals surface area (Å²) in [6, 6.07) is 13.2. The summed E-state index contributed by atoms with van der Waals surface area (Å²) in [5.41, 5.74) is 2.88. The maximum Gasteiger partial charge on any atom is 0.251 e. The van der Waals surface area contributed by atoms with Crippen molar-refractivity contribution in [3.05, 3.63) is 77.5 Å². The second kappa shape index (κ2) is 8.68. The highest BCUT2D eigenvalue weighted by Crippen LogP contribution is 2.52. The topological polar surface area (TPSA) is 125 Å². The fraction of sp³-hybridized carbons (Fsp3) is 0.346. The third kappa shape index (κ3) is 3.96. The quantitative estimate of drug-likeness (QED) is 0.520. The summed E-state index contributed by atoms with van der Waals surface area (Å²) in [4.78, 5) is 17.6. The molecule has 2 aliphatic heterocycles. The first-order valence-corrected chi connectivity index (χ1v) is 14.4. The summed E-state index contributed by atoms with van der Waals surface area (Å²) < 4.78 is 31.6. The summed E-state index contributed by atoms with van der Waals surface area (Å²) in [5.74, 6) is 1.43. The number of benzene rings is 2. The minimum atomic E-state index is -3.63. The molecule has 1 aliphatic carbocycles. The van der Waals surface area contributed by atoms with Crippen molar-refractivity contribution < 1.29 is 17.6 Å². The molecule has 2 fully saturated rings. The minimum absolute atomic E-state index is 0.104. The molecular formula is C26H24N4O4S2. The number of carbonyl (C=O) groups excluding carboxylic acids is 1. The molecule has 4 atom stereocenters. The summed E-state index contributed by atoms with van der Waals surface area (Å²) in [6.45, 7) is 0.801. The van der Waals surface area contributed by atoms with E-state index in [0.29, 0.717) is 17.5 Å². The Kier molecular flexibility index (Phi) is 5.57. The van der Waals surface area contributed by atoms with E-state index in [1.165, 1.54) is 12.1 Å². The summed E-state index contributed by atoms with van der Waals surface area (Å²) in [6.07, 6.45) is 5.49. The first-order chi connectivity index (χ1) is 17.4. The van der Waals surface area contributed by atoms with Gasteiger partial charge in [0, 0.05) is 29.3 Å². The Bertz CT molecular complexity index is 1480. The van der Waals surface area contributed by atoms with Gasteiger partial charge < -0.3 is 15.1 Å². The van der Waals surface area contributed by atoms with Gasteiger partial charge in [0.2, 0.25) is 5.89 Å². The molecule has 0 radical (unpaired) electrons. The number of nitrogens with one attached hydrogen (secondary N) is 2. The van der Waals surface area contributed by atoms with E-state index in [1.807, 2.05) is 30.0 Å². The van der Waals surface area contributed by atoms with Gasteiger partial charge in [0.05, 0.1) is 33.2 Å². The molecule has 3 aromatic rings. The van der Waals surface area contributed by atoms with Crippen LogP contribution in [0.4, 0.5) is 5.69 Å². The van der Waals surface area contributed by atoms with Gasteiger partial charge in [-0.3, -0.25) is 4.79 Å². The lowest BCUT2D eigenvalue weighted by atomic mass is 9.75. The summed E-state index contributed by atoms with van der Waals surface area (Å²) >= 11 is 1.85. The zero-order chi connectivity index (χ0) is 24.9. The predicted octanol–water partition coefficient (Wildman–Crippen LogP) is 3.82. The number of carbonyl (C=O) groups is 1. The molecule has 10 heteroatoms. The molecule has 6 rings (SSSR count). The maximum absolute atomic E-state index is 13.1. The lowest BCUT2D eigenvalue weighted by molar-refractivity contribution is 0.0951. The maximum atomic E-state index is 13.1. The molecule has 1 spiro atoms. The van der Waals surface area contributed by atoms with Crippen molar-refractivity contribution in [1.82, 2.24) is 10.3 Å². The van der Waals surface area contributed by atoms with E-state index in [-0.39, 0.29) is 21.5 Å². The van der Waals surface area contributed by atoms with Crippen LogP contribution in [0.15, 0.2) is 64.2 Å².